The van der Waals surface area contributed by atoms with Crippen LogP contribution in [0.4, 0.5) is 0 Å². The fourth-order valence-electron chi connectivity index (χ4n) is 16.0. The lowest BCUT2D eigenvalue weighted by Crippen LogP contribution is -2.63. The van der Waals surface area contributed by atoms with Gasteiger partial charge in [0, 0.05) is 29.6 Å². The second kappa shape index (κ2) is 14.3. The monoisotopic (exact) mass is 751 g/mol. The largest absolute Gasteiger partial charge is 0.459 e. The van der Waals surface area contributed by atoms with Crippen molar-refractivity contribution in [2.45, 2.75) is 170 Å². The van der Waals surface area contributed by atoms with Crippen LogP contribution in [0.2, 0.25) is 0 Å². The van der Waals surface area contributed by atoms with E-state index in [0.29, 0.717) is 60.2 Å². The fraction of sp³-hybridized carbons (Fsp3) is 0.894. The van der Waals surface area contributed by atoms with Crippen molar-refractivity contribution in [3.05, 3.63) is 12.7 Å². The Morgan fingerprint density at radius 1 is 0.889 bits per heavy atom. The topological polar surface area (TPSA) is 110 Å². The number of aliphatic hydroxyl groups excluding tert-OH is 2. The van der Waals surface area contributed by atoms with Gasteiger partial charge in [0.25, 0.3) is 0 Å². The summed E-state index contributed by atoms with van der Waals surface area (Å²) < 4.78 is 11.9. The highest BCUT2D eigenvalue weighted by Gasteiger charge is 2.69. The summed E-state index contributed by atoms with van der Waals surface area (Å²) in [6.07, 6.45) is 14.1. The van der Waals surface area contributed by atoms with Gasteiger partial charge in [-0.2, -0.15) is 0 Å². The van der Waals surface area contributed by atoms with Crippen molar-refractivity contribution >= 4 is 17.7 Å². The number of esters is 2. The van der Waals surface area contributed by atoms with Gasteiger partial charge in [-0.3, -0.25) is 9.59 Å². The number of carbonyl (C=O) groups is 3. The summed E-state index contributed by atoms with van der Waals surface area (Å²) in [7, 11) is 0. The number of fused-ring (bicyclic) bond motifs is 5. The molecule has 0 radical (unpaired) electrons. The molecule has 0 aliphatic heterocycles. The Morgan fingerprint density at radius 2 is 1.57 bits per heavy atom. The highest BCUT2D eigenvalue weighted by Crippen LogP contribution is 2.70. The molecule has 7 saturated carbocycles. The maximum absolute atomic E-state index is 13.7. The van der Waals surface area contributed by atoms with Crippen LogP contribution in [0, 0.1) is 86.3 Å². The predicted octanol–water partition coefficient (Wildman–Crippen LogP) is 9.12. The number of carbonyl (C=O) groups excluding carboxylic acids is 3. The van der Waals surface area contributed by atoms with Gasteiger partial charge in [-0.15, -0.1) is 6.58 Å². The van der Waals surface area contributed by atoms with Crippen LogP contribution in [0.1, 0.15) is 152 Å². The molecule has 0 amide bonds. The first kappa shape index (κ1) is 40.5. The summed E-state index contributed by atoms with van der Waals surface area (Å²) in [5.74, 6) is 2.94. The molecule has 1 unspecified atom stereocenters. The van der Waals surface area contributed by atoms with Gasteiger partial charge in [-0.05, 0) is 147 Å². The molecule has 7 heteroatoms. The van der Waals surface area contributed by atoms with E-state index >= 15 is 0 Å². The number of aliphatic hydroxyl groups is 2. The number of hydrogen-bond donors (Lipinski definition) is 2. The smallest absolute Gasteiger partial charge is 0.344 e. The van der Waals surface area contributed by atoms with Crippen LogP contribution in [-0.2, 0) is 23.9 Å². The maximum Gasteiger partial charge on any atom is 0.344 e. The molecule has 7 rings (SSSR count). The third kappa shape index (κ3) is 6.11. The molecule has 7 aliphatic rings. The molecule has 0 aromatic rings. The molecule has 0 saturated heterocycles. The summed E-state index contributed by atoms with van der Waals surface area (Å²) in [5, 5.41) is 23.5. The molecule has 7 nitrogen and oxygen atoms in total. The van der Waals surface area contributed by atoms with Crippen molar-refractivity contribution in [3.8, 4) is 0 Å². The van der Waals surface area contributed by atoms with E-state index in [1.54, 1.807) is 6.08 Å². The molecular weight excluding hydrogens is 677 g/mol. The second-order valence-corrected chi connectivity index (χ2v) is 21.7. The second-order valence-electron chi connectivity index (χ2n) is 21.7. The number of ketones is 1. The van der Waals surface area contributed by atoms with Crippen molar-refractivity contribution in [1.29, 1.82) is 0 Å². The van der Waals surface area contributed by atoms with Crippen LogP contribution in [0.3, 0.4) is 0 Å². The quantitative estimate of drug-likeness (QED) is 0.188. The first-order chi connectivity index (χ1) is 25.4. The molecule has 7 fully saturated rings. The van der Waals surface area contributed by atoms with Gasteiger partial charge in [0.05, 0.1) is 12.2 Å². The number of rotatable bonds is 8. The summed E-state index contributed by atoms with van der Waals surface area (Å²) >= 11 is 0. The van der Waals surface area contributed by atoms with Crippen molar-refractivity contribution in [3.63, 3.8) is 0 Å². The minimum atomic E-state index is -0.730. The number of hydrogen-bond acceptors (Lipinski definition) is 7. The maximum atomic E-state index is 13.7. The van der Waals surface area contributed by atoms with Crippen LogP contribution in [0.25, 0.3) is 0 Å². The van der Waals surface area contributed by atoms with E-state index in [2.05, 4.69) is 55.0 Å². The Bertz CT molecular complexity index is 1480. The molecular formula is C47H74O7. The van der Waals surface area contributed by atoms with E-state index < -0.39 is 35.6 Å². The molecule has 304 valence electrons. The van der Waals surface area contributed by atoms with Gasteiger partial charge in [-0.1, -0.05) is 67.9 Å². The third-order valence-electron chi connectivity index (χ3n) is 19.3. The molecule has 18 atom stereocenters. The van der Waals surface area contributed by atoms with Crippen molar-refractivity contribution in [2.75, 3.05) is 6.61 Å². The Morgan fingerprint density at radius 3 is 2.30 bits per heavy atom. The molecule has 2 bridgehead atoms. The summed E-state index contributed by atoms with van der Waals surface area (Å²) in [5.41, 5.74) is -1.11. The van der Waals surface area contributed by atoms with E-state index in [1.807, 2.05) is 6.92 Å². The van der Waals surface area contributed by atoms with E-state index in [4.69, 9.17) is 9.47 Å². The van der Waals surface area contributed by atoms with Gasteiger partial charge >= 0.3 is 11.9 Å². The van der Waals surface area contributed by atoms with E-state index in [-0.39, 0.29) is 52.9 Å². The van der Waals surface area contributed by atoms with Crippen LogP contribution in [0.5, 0.6) is 0 Å². The zero-order chi connectivity index (χ0) is 39.2. The van der Waals surface area contributed by atoms with Crippen LogP contribution in [-0.4, -0.2) is 52.9 Å². The predicted molar refractivity (Wildman–Crippen MR) is 210 cm³/mol. The normalized spacial score (nSPS) is 51.7. The number of ether oxygens (including phenoxy) is 2. The lowest BCUT2D eigenvalue weighted by Gasteiger charge is -2.62. The zero-order valence-electron chi connectivity index (χ0n) is 35.0. The first-order valence-electron chi connectivity index (χ1n) is 22.2. The minimum absolute atomic E-state index is 0.102. The van der Waals surface area contributed by atoms with E-state index in [1.165, 1.54) is 38.5 Å². The van der Waals surface area contributed by atoms with Crippen LogP contribution < -0.4 is 0 Å². The van der Waals surface area contributed by atoms with Crippen molar-refractivity contribution in [2.24, 2.45) is 86.3 Å². The highest BCUT2D eigenvalue weighted by molar-refractivity contribution is 5.86. The lowest BCUT2D eigenvalue weighted by atomic mass is 9.43. The van der Waals surface area contributed by atoms with Crippen LogP contribution in [0.15, 0.2) is 12.7 Å². The molecule has 0 heterocycles. The van der Waals surface area contributed by atoms with E-state index in [0.717, 1.165) is 38.0 Å². The van der Waals surface area contributed by atoms with Gasteiger partial charge in [0.15, 0.2) is 6.61 Å². The molecule has 0 aromatic heterocycles. The first-order valence-corrected chi connectivity index (χ1v) is 22.2. The summed E-state index contributed by atoms with van der Waals surface area (Å²) in [4.78, 5) is 40.4. The van der Waals surface area contributed by atoms with Gasteiger partial charge in [0.2, 0.25) is 0 Å². The summed E-state index contributed by atoms with van der Waals surface area (Å²) in [6.45, 7) is 21.8. The molecule has 7 aliphatic carbocycles. The Balaban J connectivity index is 0.964. The average molecular weight is 751 g/mol. The SMILES string of the molecule is C=C[C@]1(C)C[C@@H](OC(=O)COC(=O)CC[C@@H](C)[C@H]2CCC3[C@@H]4[C@@H](O)C[C@@H]5C[C@H](C)CC[C@]5(C)[C@H]4CC[C@@]32C)[C@]2(C)CC[C@@H](C)[C@@]3(CCC(=O)[C@@H]23)[C@@H](C)[C@@H]1O. The minimum Gasteiger partial charge on any atom is -0.459 e. The Kier molecular flexibility index (Phi) is 10.7. The fourth-order valence-corrected chi connectivity index (χ4v) is 16.0. The standard InChI is InChI=1S/C47H74O7/c1-10-43(6)25-37(46(9)20-16-29(4)47(30(5)42(43)52)22-18-35(48)41(46)47)54-39(51)26-53-38(50)14-11-28(3)32-12-13-33-40-34(17-21-45(32,33)8)44(7)19-15-27(2)23-31(44)24-36(40)49/h10,27-34,36-37,40-42,49,52H,1,11-26H2,2-9H3/t27-,28-,29-,30+,31+,32-,33?,34+,36+,37-,40+,41+,42+,43-,44+,45-,46+,47+/m1/s1. The Hall–Kier alpha value is -1.73. The zero-order valence-corrected chi connectivity index (χ0v) is 35.0. The molecule has 54 heavy (non-hydrogen) atoms. The van der Waals surface area contributed by atoms with E-state index in [9.17, 15) is 24.6 Å². The average Bonchev–Trinajstić information content (AvgIpc) is 3.69. The van der Waals surface area contributed by atoms with Crippen molar-refractivity contribution < 1.29 is 34.1 Å². The van der Waals surface area contributed by atoms with Crippen LogP contribution >= 0.6 is 0 Å². The molecule has 0 spiro atoms. The molecule has 0 aromatic carbocycles. The van der Waals surface area contributed by atoms with Gasteiger partial charge in [-0.25, -0.2) is 4.79 Å². The summed E-state index contributed by atoms with van der Waals surface area (Å²) in [6, 6.07) is 0. The Labute approximate surface area is 326 Å². The molecule has 2 N–H and O–H groups in total. The highest BCUT2D eigenvalue weighted by atomic mass is 16.6. The number of Topliss-reactive ketones (excluding diaryl/α,β-unsaturated/α-hetero) is 1. The van der Waals surface area contributed by atoms with Crippen molar-refractivity contribution in [1.82, 2.24) is 0 Å². The van der Waals surface area contributed by atoms with Gasteiger partial charge < -0.3 is 19.7 Å². The third-order valence-corrected chi connectivity index (χ3v) is 19.3. The lowest BCUT2D eigenvalue weighted by molar-refractivity contribution is -0.207. The van der Waals surface area contributed by atoms with Gasteiger partial charge in [0.1, 0.15) is 11.9 Å².